The van der Waals surface area contributed by atoms with Crippen LogP contribution in [0.4, 0.5) is 13.2 Å². The van der Waals surface area contributed by atoms with Crippen molar-refractivity contribution in [2.75, 3.05) is 7.11 Å². The van der Waals surface area contributed by atoms with Gasteiger partial charge in [0.2, 0.25) is 0 Å². The van der Waals surface area contributed by atoms with Crippen LogP contribution in [0.15, 0.2) is 23.3 Å². The fourth-order valence-corrected chi connectivity index (χ4v) is 2.59. The second-order valence-corrected chi connectivity index (χ2v) is 5.44. The quantitative estimate of drug-likeness (QED) is 0.842. The van der Waals surface area contributed by atoms with Crippen molar-refractivity contribution in [2.24, 2.45) is 0 Å². The predicted octanol–water partition coefficient (Wildman–Crippen LogP) is 3.37. The lowest BCUT2D eigenvalue weighted by molar-refractivity contribution is -0.0337. The molecule has 0 aliphatic heterocycles. The number of benzene rings is 1. The van der Waals surface area contributed by atoms with E-state index in [-0.39, 0.29) is 25.6 Å². The third-order valence-corrected chi connectivity index (χ3v) is 3.49. The van der Waals surface area contributed by atoms with E-state index < -0.39 is 23.1 Å². The monoisotopic (exact) mass is 359 g/mol. The van der Waals surface area contributed by atoms with E-state index >= 15 is 0 Å². The minimum Gasteiger partial charge on any atom is -0.494 e. The molecule has 0 amide bonds. The van der Waals surface area contributed by atoms with Gasteiger partial charge < -0.3 is 4.74 Å². The van der Waals surface area contributed by atoms with Gasteiger partial charge in [0.05, 0.1) is 34.8 Å². The third-order valence-electron chi connectivity index (χ3n) is 2.30. The highest BCUT2D eigenvalue weighted by molar-refractivity contribution is 7.98. The zero-order valence-corrected chi connectivity index (χ0v) is 12.5. The van der Waals surface area contributed by atoms with Crippen LogP contribution in [-0.4, -0.2) is 26.4 Å². The van der Waals surface area contributed by atoms with Gasteiger partial charge in [-0.05, 0) is 12.1 Å². The van der Waals surface area contributed by atoms with Gasteiger partial charge in [-0.2, -0.15) is 13.2 Å². The van der Waals surface area contributed by atoms with Gasteiger partial charge in [0.1, 0.15) is 6.33 Å². The zero-order valence-electron chi connectivity index (χ0n) is 10.2. The molecule has 0 atom stereocenters. The Hall–Kier alpha value is -1.32. The van der Waals surface area contributed by atoms with E-state index in [1.165, 1.54) is 19.2 Å². The summed E-state index contributed by atoms with van der Waals surface area (Å²) in [7, 11) is 1.36. The summed E-state index contributed by atoms with van der Waals surface area (Å²) in [6.07, 6.45) is 0.940. The van der Waals surface area contributed by atoms with Crippen molar-refractivity contribution >= 4 is 35.1 Å². The molecule has 0 saturated heterocycles. The van der Waals surface area contributed by atoms with Crippen molar-refractivity contribution in [3.05, 3.63) is 39.0 Å². The lowest BCUT2D eigenvalue weighted by Gasteiger charge is -2.08. The molecule has 0 aliphatic rings. The fraction of sp³-hybridized carbons (Fsp3) is 0.200. The van der Waals surface area contributed by atoms with Gasteiger partial charge in [0, 0.05) is 0 Å². The Kier molecular flexibility index (Phi) is 4.45. The van der Waals surface area contributed by atoms with E-state index in [0.29, 0.717) is 0 Å². The summed E-state index contributed by atoms with van der Waals surface area (Å²) >= 11 is 11.2. The number of aromatic nitrogens is 3. The van der Waals surface area contributed by atoms with Gasteiger partial charge in [0.25, 0.3) is 0 Å². The molecular weight excluding hydrogens is 354 g/mol. The maximum absolute atomic E-state index is 12.3. The molecule has 0 spiro atoms. The van der Waals surface area contributed by atoms with E-state index in [0.717, 1.165) is 10.9 Å². The molecule has 1 aromatic heterocycles. The standard InChI is InChI=1S/C10H6Cl2F3N3O2S/c1-20-8-6(11)2-5(3-7(8)12)17-4-16-18(9(17)19)21-10(13,14)15/h2-4H,1H3. The first kappa shape index (κ1) is 16.1. The van der Waals surface area contributed by atoms with Crippen LogP contribution in [0.25, 0.3) is 5.69 Å². The van der Waals surface area contributed by atoms with E-state index in [2.05, 4.69) is 5.10 Å². The van der Waals surface area contributed by atoms with Gasteiger partial charge in [-0.25, -0.2) is 9.36 Å². The number of halogens is 5. The molecule has 0 fully saturated rings. The molecule has 0 radical (unpaired) electrons. The minimum absolute atomic E-state index is 0.114. The third kappa shape index (κ3) is 3.47. The Labute approximate surface area is 130 Å². The summed E-state index contributed by atoms with van der Waals surface area (Å²) < 4.78 is 42.8. The van der Waals surface area contributed by atoms with Crippen molar-refractivity contribution in [2.45, 2.75) is 5.51 Å². The highest BCUT2D eigenvalue weighted by atomic mass is 35.5. The first-order valence-electron chi connectivity index (χ1n) is 5.19. The van der Waals surface area contributed by atoms with Crippen LogP contribution < -0.4 is 10.4 Å². The summed E-state index contributed by atoms with van der Waals surface area (Å²) in [4.78, 5) is 11.8. The molecule has 0 N–H and O–H groups in total. The van der Waals surface area contributed by atoms with Crippen molar-refractivity contribution in [3.63, 3.8) is 0 Å². The molecule has 114 valence electrons. The van der Waals surface area contributed by atoms with Crippen molar-refractivity contribution in [3.8, 4) is 11.4 Å². The van der Waals surface area contributed by atoms with E-state index in [1.807, 2.05) is 0 Å². The lowest BCUT2D eigenvalue weighted by Crippen LogP contribution is -2.23. The van der Waals surface area contributed by atoms with Crippen LogP contribution in [-0.2, 0) is 0 Å². The molecule has 1 heterocycles. The molecule has 0 saturated carbocycles. The fourth-order valence-electron chi connectivity index (χ4n) is 1.51. The first-order valence-corrected chi connectivity index (χ1v) is 6.72. The molecule has 11 heteroatoms. The number of nitrogens with zero attached hydrogens (tertiary/aromatic N) is 3. The van der Waals surface area contributed by atoms with Gasteiger partial charge in [-0.1, -0.05) is 23.2 Å². The average Bonchev–Trinajstić information content (AvgIpc) is 2.68. The smallest absolute Gasteiger partial charge is 0.463 e. The SMILES string of the molecule is COc1c(Cl)cc(-n2cnn(SC(F)(F)F)c2=O)cc1Cl. The number of rotatable bonds is 3. The largest absolute Gasteiger partial charge is 0.494 e. The Morgan fingerprint density at radius 2 is 1.86 bits per heavy atom. The van der Waals surface area contributed by atoms with Gasteiger partial charge in [-0.15, -0.1) is 9.19 Å². The molecule has 1 aromatic carbocycles. The molecule has 2 rings (SSSR count). The van der Waals surface area contributed by atoms with Crippen LogP contribution in [0.1, 0.15) is 0 Å². The van der Waals surface area contributed by atoms with Crippen LogP contribution in [0.2, 0.25) is 10.0 Å². The summed E-state index contributed by atoms with van der Waals surface area (Å²) in [5.74, 6) is 0.201. The molecule has 0 aliphatic carbocycles. The number of hydrogen-bond acceptors (Lipinski definition) is 4. The number of alkyl halides is 3. The van der Waals surface area contributed by atoms with Crippen LogP contribution in [0.3, 0.4) is 0 Å². The minimum atomic E-state index is -4.63. The second-order valence-electron chi connectivity index (χ2n) is 3.64. The van der Waals surface area contributed by atoms with E-state index in [1.54, 1.807) is 0 Å². The van der Waals surface area contributed by atoms with Crippen LogP contribution in [0.5, 0.6) is 5.75 Å². The predicted molar refractivity (Wildman–Crippen MR) is 73.4 cm³/mol. The maximum Gasteiger partial charge on any atom is 0.463 e. The number of ether oxygens (including phenoxy) is 1. The molecule has 2 aromatic rings. The molecular formula is C10H6Cl2F3N3O2S. The number of methoxy groups -OCH3 is 1. The summed E-state index contributed by atoms with van der Waals surface area (Å²) in [6, 6.07) is 2.66. The number of hydrogen-bond donors (Lipinski definition) is 0. The molecule has 5 nitrogen and oxygen atoms in total. The molecule has 0 unspecified atom stereocenters. The summed E-state index contributed by atoms with van der Waals surface area (Å²) in [5.41, 5.74) is -5.45. The second kappa shape index (κ2) is 5.82. The van der Waals surface area contributed by atoms with E-state index in [9.17, 15) is 18.0 Å². The average molecular weight is 360 g/mol. The topological polar surface area (TPSA) is 49.0 Å². The highest BCUT2D eigenvalue weighted by Gasteiger charge is 2.32. The van der Waals surface area contributed by atoms with Crippen LogP contribution in [0, 0.1) is 0 Å². The Morgan fingerprint density at radius 1 is 1.29 bits per heavy atom. The highest BCUT2D eigenvalue weighted by Crippen LogP contribution is 2.35. The van der Waals surface area contributed by atoms with Gasteiger partial charge in [0.15, 0.2) is 5.75 Å². The zero-order chi connectivity index (χ0) is 15.8. The summed E-state index contributed by atoms with van der Waals surface area (Å²) in [5, 5.41) is 3.60. The van der Waals surface area contributed by atoms with Gasteiger partial charge in [-0.3, -0.25) is 0 Å². The van der Waals surface area contributed by atoms with Crippen molar-refractivity contribution in [1.82, 2.24) is 13.8 Å². The maximum atomic E-state index is 12.3. The first-order chi connectivity index (χ1) is 9.73. The lowest BCUT2D eigenvalue weighted by atomic mass is 10.3. The molecule has 0 bridgehead atoms. The Bertz CT molecular complexity index is 706. The Morgan fingerprint density at radius 3 is 2.33 bits per heavy atom. The van der Waals surface area contributed by atoms with Crippen molar-refractivity contribution in [1.29, 1.82) is 0 Å². The van der Waals surface area contributed by atoms with E-state index in [4.69, 9.17) is 27.9 Å². The van der Waals surface area contributed by atoms with Crippen LogP contribution >= 0.6 is 35.1 Å². The Balaban J connectivity index is 2.47. The summed E-state index contributed by atoms with van der Waals surface area (Å²) in [6.45, 7) is 0. The van der Waals surface area contributed by atoms with Crippen molar-refractivity contribution < 1.29 is 17.9 Å². The molecule has 21 heavy (non-hydrogen) atoms. The van der Waals surface area contributed by atoms with Gasteiger partial charge >= 0.3 is 11.2 Å². The normalized spacial score (nSPS) is 11.7.